The number of anilines is 1. The van der Waals surface area contributed by atoms with Crippen LogP contribution in [0.15, 0.2) is 24.3 Å². The third kappa shape index (κ3) is 2.46. The lowest BCUT2D eigenvalue weighted by atomic mass is 10.1. The van der Waals surface area contributed by atoms with Gasteiger partial charge in [0, 0.05) is 11.6 Å². The maximum absolute atomic E-state index is 6.06. The molecular weight excluding hydrogens is 254 g/mol. The zero-order valence-electron chi connectivity index (χ0n) is 9.98. The van der Waals surface area contributed by atoms with Gasteiger partial charge in [-0.2, -0.15) is 4.98 Å². The Kier molecular flexibility index (Phi) is 3.53. The second kappa shape index (κ2) is 5.10. The molecule has 0 bridgehead atoms. The Balaban J connectivity index is 2.48. The van der Waals surface area contributed by atoms with E-state index in [0.717, 1.165) is 5.56 Å². The molecular formula is C12H12ClN3O2. The summed E-state index contributed by atoms with van der Waals surface area (Å²) in [7, 11) is 3.08. The minimum atomic E-state index is 0.149. The first-order valence-electron chi connectivity index (χ1n) is 5.16. The number of benzene rings is 1. The van der Waals surface area contributed by atoms with Crippen LogP contribution in [0.5, 0.6) is 11.6 Å². The number of hydrogen-bond donors (Lipinski definition) is 1. The van der Waals surface area contributed by atoms with Crippen LogP contribution in [0.2, 0.25) is 5.02 Å². The van der Waals surface area contributed by atoms with Gasteiger partial charge in [0.15, 0.2) is 0 Å². The van der Waals surface area contributed by atoms with E-state index in [1.807, 2.05) is 6.07 Å². The van der Waals surface area contributed by atoms with Crippen LogP contribution in [0.4, 0.5) is 5.95 Å². The number of hydrogen-bond acceptors (Lipinski definition) is 5. The fourth-order valence-electron chi connectivity index (χ4n) is 1.52. The molecule has 0 amide bonds. The molecule has 1 heterocycles. The zero-order chi connectivity index (χ0) is 13.1. The van der Waals surface area contributed by atoms with Crippen LogP contribution in [-0.4, -0.2) is 24.2 Å². The van der Waals surface area contributed by atoms with Gasteiger partial charge >= 0.3 is 0 Å². The summed E-state index contributed by atoms with van der Waals surface area (Å²) < 4.78 is 10.1. The largest absolute Gasteiger partial charge is 0.495 e. The average Bonchev–Trinajstić information content (AvgIpc) is 2.37. The average molecular weight is 266 g/mol. The van der Waals surface area contributed by atoms with Gasteiger partial charge in [0.2, 0.25) is 11.8 Å². The molecule has 0 aliphatic carbocycles. The van der Waals surface area contributed by atoms with E-state index < -0.39 is 0 Å². The van der Waals surface area contributed by atoms with Crippen LogP contribution in [0.3, 0.4) is 0 Å². The summed E-state index contributed by atoms with van der Waals surface area (Å²) in [6.07, 6.45) is 0. The molecule has 18 heavy (non-hydrogen) atoms. The highest BCUT2D eigenvalue weighted by molar-refractivity contribution is 6.32. The molecule has 0 unspecified atom stereocenters. The summed E-state index contributed by atoms with van der Waals surface area (Å²) in [5.41, 5.74) is 7.06. The topological polar surface area (TPSA) is 70.3 Å². The first-order valence-corrected chi connectivity index (χ1v) is 5.54. The highest BCUT2D eigenvalue weighted by Crippen LogP contribution is 2.30. The Morgan fingerprint density at radius 1 is 1.11 bits per heavy atom. The number of nitrogen functional groups attached to an aromatic ring is 1. The molecule has 0 saturated carbocycles. The Bertz CT molecular complexity index is 575. The minimum absolute atomic E-state index is 0.149. The van der Waals surface area contributed by atoms with E-state index >= 15 is 0 Å². The van der Waals surface area contributed by atoms with Crippen molar-refractivity contribution in [3.05, 3.63) is 29.3 Å². The van der Waals surface area contributed by atoms with Gasteiger partial charge in [-0.25, -0.2) is 4.98 Å². The van der Waals surface area contributed by atoms with Crippen LogP contribution < -0.4 is 15.2 Å². The Labute approximate surface area is 110 Å². The molecule has 5 nitrogen and oxygen atoms in total. The fraction of sp³-hybridized carbons (Fsp3) is 0.167. The van der Waals surface area contributed by atoms with Crippen LogP contribution in [0.25, 0.3) is 11.3 Å². The smallest absolute Gasteiger partial charge is 0.223 e. The van der Waals surface area contributed by atoms with E-state index in [-0.39, 0.29) is 5.95 Å². The summed E-state index contributed by atoms with van der Waals surface area (Å²) >= 11 is 6.06. The predicted octanol–water partition coefficient (Wildman–Crippen LogP) is 2.40. The summed E-state index contributed by atoms with van der Waals surface area (Å²) in [5, 5.41) is 0.506. The van der Waals surface area contributed by atoms with Crippen molar-refractivity contribution in [1.82, 2.24) is 9.97 Å². The minimum Gasteiger partial charge on any atom is -0.495 e. The molecule has 2 aromatic rings. The number of aromatic nitrogens is 2. The van der Waals surface area contributed by atoms with Gasteiger partial charge in [0.25, 0.3) is 0 Å². The molecule has 0 atom stereocenters. The zero-order valence-corrected chi connectivity index (χ0v) is 10.7. The van der Waals surface area contributed by atoms with E-state index in [0.29, 0.717) is 22.3 Å². The Morgan fingerprint density at radius 3 is 2.50 bits per heavy atom. The fourth-order valence-corrected chi connectivity index (χ4v) is 1.78. The molecule has 6 heteroatoms. The first kappa shape index (κ1) is 12.4. The van der Waals surface area contributed by atoms with Crippen molar-refractivity contribution in [2.45, 2.75) is 0 Å². The molecule has 94 valence electrons. The van der Waals surface area contributed by atoms with E-state index in [9.17, 15) is 0 Å². The van der Waals surface area contributed by atoms with E-state index in [1.54, 1.807) is 25.3 Å². The predicted molar refractivity (Wildman–Crippen MR) is 70.0 cm³/mol. The van der Waals surface area contributed by atoms with Gasteiger partial charge in [-0.15, -0.1) is 0 Å². The van der Waals surface area contributed by atoms with Crippen molar-refractivity contribution >= 4 is 17.5 Å². The molecule has 2 N–H and O–H groups in total. The van der Waals surface area contributed by atoms with E-state index in [2.05, 4.69) is 9.97 Å². The third-order valence-corrected chi connectivity index (χ3v) is 2.67. The highest BCUT2D eigenvalue weighted by Gasteiger charge is 2.08. The number of nitrogens with two attached hydrogens (primary N) is 1. The van der Waals surface area contributed by atoms with Crippen LogP contribution in [-0.2, 0) is 0 Å². The second-order valence-corrected chi connectivity index (χ2v) is 3.91. The first-order chi connectivity index (χ1) is 8.63. The molecule has 1 aromatic carbocycles. The van der Waals surface area contributed by atoms with Gasteiger partial charge in [-0.3, -0.25) is 0 Å². The maximum atomic E-state index is 6.06. The lowest BCUT2D eigenvalue weighted by Gasteiger charge is -2.07. The molecule has 0 spiro atoms. The van der Waals surface area contributed by atoms with E-state index in [4.69, 9.17) is 26.8 Å². The number of nitrogens with zero attached hydrogens (tertiary/aromatic N) is 2. The van der Waals surface area contributed by atoms with Crippen LogP contribution >= 0.6 is 11.6 Å². The molecule has 2 rings (SSSR count). The van der Waals surface area contributed by atoms with Crippen LogP contribution in [0.1, 0.15) is 0 Å². The number of halogens is 1. The standard InChI is InChI=1S/C12H12ClN3O2/c1-17-10-4-3-7(5-8(10)13)9-6-11(18-2)16-12(14)15-9/h3-6H,1-2H3,(H2,14,15,16). The quantitative estimate of drug-likeness (QED) is 0.923. The molecule has 1 aromatic heterocycles. The van der Waals surface area contributed by atoms with Crippen molar-refractivity contribution in [3.63, 3.8) is 0 Å². The molecule has 0 aliphatic rings. The van der Waals surface area contributed by atoms with E-state index in [1.165, 1.54) is 7.11 Å². The van der Waals surface area contributed by atoms with Crippen molar-refractivity contribution in [3.8, 4) is 22.9 Å². The third-order valence-electron chi connectivity index (χ3n) is 2.38. The maximum Gasteiger partial charge on any atom is 0.223 e. The van der Waals surface area contributed by atoms with Crippen molar-refractivity contribution in [2.24, 2.45) is 0 Å². The second-order valence-electron chi connectivity index (χ2n) is 3.50. The number of rotatable bonds is 3. The highest BCUT2D eigenvalue weighted by atomic mass is 35.5. The summed E-state index contributed by atoms with van der Waals surface area (Å²) in [5.74, 6) is 1.16. The van der Waals surface area contributed by atoms with Gasteiger partial charge in [0.1, 0.15) is 5.75 Å². The monoisotopic (exact) mass is 265 g/mol. The van der Waals surface area contributed by atoms with Gasteiger partial charge in [0.05, 0.1) is 24.9 Å². The van der Waals surface area contributed by atoms with Crippen molar-refractivity contribution in [1.29, 1.82) is 0 Å². The van der Waals surface area contributed by atoms with Crippen molar-refractivity contribution in [2.75, 3.05) is 20.0 Å². The Hall–Kier alpha value is -2.01. The summed E-state index contributed by atoms with van der Waals surface area (Å²) in [6.45, 7) is 0. The van der Waals surface area contributed by atoms with Gasteiger partial charge in [-0.1, -0.05) is 11.6 Å². The molecule has 0 saturated heterocycles. The lowest BCUT2D eigenvalue weighted by molar-refractivity contribution is 0.398. The molecule has 0 aliphatic heterocycles. The normalized spacial score (nSPS) is 10.2. The summed E-state index contributed by atoms with van der Waals surface area (Å²) in [6, 6.07) is 7.05. The van der Waals surface area contributed by atoms with Crippen LogP contribution in [0, 0.1) is 0 Å². The molecule has 0 radical (unpaired) electrons. The SMILES string of the molecule is COc1cc(-c2ccc(OC)c(Cl)c2)nc(N)n1. The lowest BCUT2D eigenvalue weighted by Crippen LogP contribution is -1.99. The van der Waals surface area contributed by atoms with Gasteiger partial charge in [-0.05, 0) is 18.2 Å². The number of ether oxygens (including phenoxy) is 2. The number of methoxy groups -OCH3 is 2. The molecule has 0 fully saturated rings. The summed E-state index contributed by atoms with van der Waals surface area (Å²) in [4.78, 5) is 8.06. The van der Waals surface area contributed by atoms with Crippen molar-refractivity contribution < 1.29 is 9.47 Å². The Morgan fingerprint density at radius 2 is 1.89 bits per heavy atom. The van der Waals surface area contributed by atoms with Gasteiger partial charge < -0.3 is 15.2 Å².